The molecule has 0 saturated carbocycles. The lowest BCUT2D eigenvalue weighted by atomic mass is 10.0. The Balaban J connectivity index is 4.80. The van der Waals surface area contributed by atoms with Crippen LogP contribution in [0.15, 0.2) is 72.9 Å². The van der Waals surface area contributed by atoms with Gasteiger partial charge in [-0.05, 0) is 90.4 Å². The normalized spacial score (nSPS) is 16.2. The third-order valence-corrected chi connectivity index (χ3v) is 8.54. The maximum atomic E-state index is 12.8. The molecule has 1 amide bonds. The number of likely N-dealkylation sites (N-methyl/N-ethyl adjacent to an activating group) is 1. The van der Waals surface area contributed by atoms with Gasteiger partial charge in [-0.2, -0.15) is 0 Å². The van der Waals surface area contributed by atoms with E-state index < -0.39 is 32.7 Å². The van der Waals surface area contributed by atoms with Crippen LogP contribution in [0.4, 0.5) is 0 Å². The minimum absolute atomic E-state index is 0.0601. The number of allylic oxidation sites excluding steroid dienone is 12. The molecule has 0 radical (unpaired) electrons. The Morgan fingerprint density at radius 1 is 0.776 bits per heavy atom. The molecule has 0 fully saturated rings. The second-order valence-electron chi connectivity index (χ2n) is 13.3. The van der Waals surface area contributed by atoms with E-state index in [4.69, 9.17) is 9.05 Å². The highest BCUT2D eigenvalue weighted by molar-refractivity contribution is 7.45. The number of carbonyl (C=O) groups is 1. The van der Waals surface area contributed by atoms with E-state index in [2.05, 4.69) is 85.2 Å². The zero-order valence-corrected chi connectivity index (χ0v) is 32.1. The monoisotopic (exact) mass is 708 g/mol. The first-order valence-electron chi connectivity index (χ1n) is 18.3. The van der Waals surface area contributed by atoms with Crippen molar-refractivity contribution >= 4 is 13.7 Å². The molecule has 3 N–H and O–H groups in total. The minimum Gasteiger partial charge on any atom is -0.756 e. The summed E-state index contributed by atoms with van der Waals surface area (Å²) in [5.41, 5.74) is 0. The molecule has 0 rings (SSSR count). The summed E-state index contributed by atoms with van der Waals surface area (Å²) in [6, 6.07) is -1.12. The molecule has 0 heterocycles. The molecule has 0 saturated heterocycles. The second-order valence-corrected chi connectivity index (χ2v) is 14.7. The predicted octanol–water partition coefficient (Wildman–Crippen LogP) is 7.63. The number of hydrogen-bond acceptors (Lipinski definition) is 7. The van der Waals surface area contributed by atoms with Gasteiger partial charge in [0.05, 0.1) is 39.9 Å². The van der Waals surface area contributed by atoms with Crippen LogP contribution >= 0.6 is 7.82 Å². The molecule has 282 valence electrons. The SMILES string of the molecule is C/C=C/CC/C=C/CC/C=C/CCCC(O)C(O)C(COP(=O)([O-])OCC[N+](C)(C)C)NC(=O)CCCCC/C=C\C/C=C\C/C=C\CC. The Morgan fingerprint density at radius 2 is 1.33 bits per heavy atom. The fourth-order valence-electron chi connectivity index (χ4n) is 4.60. The van der Waals surface area contributed by atoms with Gasteiger partial charge in [0.1, 0.15) is 19.3 Å². The Hall–Kier alpha value is -2.10. The van der Waals surface area contributed by atoms with E-state index >= 15 is 0 Å². The van der Waals surface area contributed by atoms with E-state index in [0.717, 1.165) is 70.6 Å². The number of phosphoric ester groups is 1. The van der Waals surface area contributed by atoms with E-state index in [1.54, 1.807) is 0 Å². The quantitative estimate of drug-likeness (QED) is 0.0293. The van der Waals surface area contributed by atoms with Crippen LogP contribution in [0.25, 0.3) is 0 Å². The van der Waals surface area contributed by atoms with Crippen molar-refractivity contribution < 1.29 is 38.0 Å². The zero-order chi connectivity index (χ0) is 36.6. The van der Waals surface area contributed by atoms with Gasteiger partial charge < -0.3 is 34.0 Å². The highest BCUT2D eigenvalue weighted by Crippen LogP contribution is 2.38. The van der Waals surface area contributed by atoms with Gasteiger partial charge >= 0.3 is 0 Å². The summed E-state index contributed by atoms with van der Waals surface area (Å²) < 4.78 is 23.0. The first-order chi connectivity index (χ1) is 23.4. The highest BCUT2D eigenvalue weighted by Gasteiger charge is 2.29. The van der Waals surface area contributed by atoms with E-state index in [-0.39, 0.29) is 25.4 Å². The fourth-order valence-corrected chi connectivity index (χ4v) is 5.32. The maximum Gasteiger partial charge on any atom is 0.268 e. The number of nitrogens with one attached hydrogen (secondary N) is 1. The molecule has 4 atom stereocenters. The van der Waals surface area contributed by atoms with Crippen LogP contribution in [0.1, 0.15) is 110 Å². The number of aliphatic hydroxyl groups excluding tert-OH is 2. The number of rotatable bonds is 31. The molecule has 0 aromatic rings. The van der Waals surface area contributed by atoms with Gasteiger partial charge in [-0.3, -0.25) is 9.36 Å². The summed E-state index contributed by atoms with van der Waals surface area (Å²) in [7, 11) is 1.05. The lowest BCUT2D eigenvalue weighted by Crippen LogP contribution is -2.51. The summed E-state index contributed by atoms with van der Waals surface area (Å²) in [6.07, 6.45) is 35.4. The van der Waals surface area contributed by atoms with E-state index in [1.165, 1.54) is 0 Å². The molecule has 0 aromatic heterocycles. The molecular weight excluding hydrogens is 639 g/mol. The third-order valence-electron chi connectivity index (χ3n) is 7.57. The summed E-state index contributed by atoms with van der Waals surface area (Å²) in [5, 5.41) is 24.4. The van der Waals surface area contributed by atoms with Crippen molar-refractivity contribution in [3.8, 4) is 0 Å². The number of aliphatic hydroxyl groups is 2. The average molecular weight is 709 g/mol. The summed E-state index contributed by atoms with van der Waals surface area (Å²) >= 11 is 0. The molecule has 49 heavy (non-hydrogen) atoms. The number of amides is 1. The van der Waals surface area contributed by atoms with Gasteiger partial charge in [0.15, 0.2) is 0 Å². The summed E-state index contributed by atoms with van der Waals surface area (Å²) in [4.78, 5) is 25.2. The van der Waals surface area contributed by atoms with Gasteiger partial charge in [-0.15, -0.1) is 0 Å². The van der Waals surface area contributed by atoms with E-state index in [9.17, 15) is 24.5 Å². The van der Waals surface area contributed by atoms with Crippen molar-refractivity contribution in [2.24, 2.45) is 0 Å². The summed E-state index contributed by atoms with van der Waals surface area (Å²) in [5.74, 6) is -0.330. The van der Waals surface area contributed by atoms with Crippen molar-refractivity contribution in [2.75, 3.05) is 40.9 Å². The van der Waals surface area contributed by atoms with Crippen LogP contribution in [0.5, 0.6) is 0 Å². The average Bonchev–Trinajstić information content (AvgIpc) is 3.04. The lowest BCUT2D eigenvalue weighted by Gasteiger charge is -2.31. The van der Waals surface area contributed by atoms with Gasteiger partial charge in [-0.25, -0.2) is 0 Å². The molecule has 0 bridgehead atoms. The Bertz CT molecular complexity index is 1050. The molecule has 10 heteroatoms. The van der Waals surface area contributed by atoms with Crippen molar-refractivity contribution in [2.45, 2.75) is 128 Å². The molecule has 0 aliphatic carbocycles. The Labute approximate surface area is 298 Å². The number of unbranched alkanes of at least 4 members (excludes halogenated alkanes) is 6. The Kier molecular flexibility index (Phi) is 29.4. The van der Waals surface area contributed by atoms with Crippen LogP contribution < -0.4 is 10.2 Å². The van der Waals surface area contributed by atoms with Crippen LogP contribution in [0.2, 0.25) is 0 Å². The fraction of sp³-hybridized carbons (Fsp3) is 0.667. The van der Waals surface area contributed by atoms with Crippen molar-refractivity contribution in [1.29, 1.82) is 0 Å². The van der Waals surface area contributed by atoms with E-state index in [0.29, 0.717) is 23.9 Å². The van der Waals surface area contributed by atoms with Crippen molar-refractivity contribution in [1.82, 2.24) is 5.32 Å². The van der Waals surface area contributed by atoms with Crippen molar-refractivity contribution in [3.63, 3.8) is 0 Å². The standard InChI is InChI=1S/C39H69N2O7P/c1-6-8-10-12-14-16-18-20-22-24-26-28-30-32-38(43)40-36(35-48-49(45,46)47-34-33-41(3,4)5)39(44)37(42)31-29-27-25-23-21-19-17-15-13-11-9-7-2/h7-10,14-17,20,22-23,25,36-37,39,42,44H,6,11-13,18-19,21,24,26-35H2,1-5H3,(H-,40,43,45,46)/b9-7+,10-8-,16-14-,17-15+,22-20-,25-23+. The van der Waals surface area contributed by atoms with Crippen LogP contribution in [-0.2, 0) is 18.4 Å². The number of hydrogen-bond donors (Lipinski definition) is 3. The zero-order valence-electron chi connectivity index (χ0n) is 31.2. The highest BCUT2D eigenvalue weighted by atomic mass is 31.2. The molecular formula is C39H69N2O7P. The van der Waals surface area contributed by atoms with Crippen LogP contribution in [-0.4, -0.2) is 79.8 Å². The largest absolute Gasteiger partial charge is 0.756 e. The van der Waals surface area contributed by atoms with Gasteiger partial charge in [0.2, 0.25) is 5.91 Å². The van der Waals surface area contributed by atoms with Gasteiger partial charge in [0, 0.05) is 6.42 Å². The topological polar surface area (TPSA) is 128 Å². The third kappa shape index (κ3) is 31.6. The molecule has 0 aliphatic heterocycles. The van der Waals surface area contributed by atoms with Gasteiger partial charge in [0.25, 0.3) is 7.82 Å². The molecule has 0 spiro atoms. The number of quaternary nitrogens is 1. The Morgan fingerprint density at radius 3 is 1.94 bits per heavy atom. The predicted molar refractivity (Wildman–Crippen MR) is 202 cm³/mol. The number of nitrogens with zero attached hydrogens (tertiary/aromatic N) is 1. The number of phosphoric acid groups is 1. The first kappa shape index (κ1) is 46.9. The molecule has 0 aliphatic rings. The van der Waals surface area contributed by atoms with Gasteiger partial charge in [-0.1, -0.05) is 86.3 Å². The van der Waals surface area contributed by atoms with Crippen LogP contribution in [0, 0.1) is 0 Å². The van der Waals surface area contributed by atoms with E-state index in [1.807, 2.05) is 28.1 Å². The minimum atomic E-state index is -4.68. The summed E-state index contributed by atoms with van der Waals surface area (Å²) in [6.45, 7) is 4.00. The second kappa shape index (κ2) is 30.7. The molecule has 4 unspecified atom stereocenters. The van der Waals surface area contributed by atoms with Crippen LogP contribution in [0.3, 0.4) is 0 Å². The van der Waals surface area contributed by atoms with Crippen molar-refractivity contribution in [3.05, 3.63) is 72.9 Å². The molecule has 0 aromatic carbocycles. The smallest absolute Gasteiger partial charge is 0.268 e. The lowest BCUT2D eigenvalue weighted by molar-refractivity contribution is -0.870. The molecule has 9 nitrogen and oxygen atoms in total. The number of carbonyl (C=O) groups excluding carboxylic acids is 1. The first-order valence-corrected chi connectivity index (χ1v) is 19.8. The maximum absolute atomic E-state index is 12.8.